The van der Waals surface area contributed by atoms with Crippen molar-refractivity contribution in [3.8, 4) is 0 Å². The second-order valence-electron chi connectivity index (χ2n) is 3.71. The van der Waals surface area contributed by atoms with Crippen LogP contribution in [0.1, 0.15) is 24.8 Å². The van der Waals surface area contributed by atoms with Crippen molar-refractivity contribution in [1.82, 2.24) is 0 Å². The molecule has 1 atom stereocenters. The quantitative estimate of drug-likeness (QED) is 0.837. The molecule has 2 N–H and O–H groups in total. The monoisotopic (exact) mass is 249 g/mol. The Morgan fingerprint density at radius 3 is 2.60 bits per heavy atom. The predicted molar refractivity (Wildman–Crippen MR) is 64.3 cm³/mol. The van der Waals surface area contributed by atoms with E-state index < -0.39 is 5.41 Å². The third kappa shape index (κ3) is 2.93. The van der Waals surface area contributed by atoms with Crippen molar-refractivity contribution in [3.63, 3.8) is 0 Å². The van der Waals surface area contributed by atoms with E-state index in [0.717, 1.165) is 4.88 Å². The summed E-state index contributed by atoms with van der Waals surface area (Å²) in [5.74, 6) is -0.279. The lowest BCUT2D eigenvalue weighted by Gasteiger charge is -2.27. The van der Waals surface area contributed by atoms with Crippen molar-refractivity contribution >= 4 is 29.7 Å². The summed E-state index contributed by atoms with van der Waals surface area (Å²) in [6.07, 6.45) is 0. The summed E-state index contributed by atoms with van der Waals surface area (Å²) < 4.78 is 4.72. The number of thiophene rings is 1. The standard InChI is InChI=1S/C10H15NO2S.ClH/c1-10(2,9(12)13-3)8(11)7-5-4-6-14-7;/h4-6,8H,11H2,1-3H3;1H/t8-;/m0./s1. The molecule has 15 heavy (non-hydrogen) atoms. The molecule has 0 spiro atoms. The number of esters is 1. The van der Waals surface area contributed by atoms with E-state index in [9.17, 15) is 4.79 Å². The molecule has 0 bridgehead atoms. The van der Waals surface area contributed by atoms with Crippen molar-refractivity contribution in [2.75, 3.05) is 7.11 Å². The molecule has 0 amide bonds. The van der Waals surface area contributed by atoms with Gasteiger partial charge in [0.05, 0.1) is 18.6 Å². The maximum Gasteiger partial charge on any atom is 0.313 e. The lowest BCUT2D eigenvalue weighted by Crippen LogP contribution is -2.36. The average molecular weight is 250 g/mol. The van der Waals surface area contributed by atoms with Gasteiger partial charge in [-0.15, -0.1) is 23.7 Å². The Kier molecular flexibility index (Phi) is 5.28. The molecule has 0 saturated carbocycles. The first-order valence-corrected chi connectivity index (χ1v) is 5.25. The minimum absolute atomic E-state index is 0. The second-order valence-corrected chi connectivity index (χ2v) is 4.69. The number of nitrogens with two attached hydrogens (primary N) is 1. The highest BCUT2D eigenvalue weighted by Gasteiger charge is 2.36. The molecule has 0 unspecified atom stereocenters. The van der Waals surface area contributed by atoms with E-state index in [1.165, 1.54) is 7.11 Å². The van der Waals surface area contributed by atoms with E-state index in [1.807, 2.05) is 17.5 Å². The van der Waals surface area contributed by atoms with Crippen LogP contribution in [0, 0.1) is 5.41 Å². The van der Waals surface area contributed by atoms with Crippen LogP contribution in [0.5, 0.6) is 0 Å². The molecule has 1 aromatic rings. The van der Waals surface area contributed by atoms with Gasteiger partial charge < -0.3 is 10.5 Å². The highest BCUT2D eigenvalue weighted by molar-refractivity contribution is 7.10. The van der Waals surface area contributed by atoms with Gasteiger partial charge in [-0.3, -0.25) is 4.79 Å². The van der Waals surface area contributed by atoms with Gasteiger partial charge in [-0.1, -0.05) is 6.07 Å². The average Bonchev–Trinajstić information content (AvgIpc) is 2.67. The Hall–Kier alpha value is -0.580. The largest absolute Gasteiger partial charge is 0.469 e. The van der Waals surface area contributed by atoms with Crippen molar-refractivity contribution in [3.05, 3.63) is 22.4 Å². The van der Waals surface area contributed by atoms with Gasteiger partial charge in [0.25, 0.3) is 0 Å². The molecule has 3 nitrogen and oxygen atoms in total. The molecule has 0 fully saturated rings. The maximum atomic E-state index is 11.5. The molecule has 0 aliphatic rings. The lowest BCUT2D eigenvalue weighted by molar-refractivity contribution is -0.152. The zero-order valence-corrected chi connectivity index (χ0v) is 10.7. The molecule has 1 heterocycles. The molecular formula is C10H16ClNO2S. The highest BCUT2D eigenvalue weighted by Crippen LogP contribution is 2.34. The number of halogens is 1. The van der Waals surface area contributed by atoms with Gasteiger partial charge in [-0.25, -0.2) is 0 Å². The number of carbonyl (C=O) groups is 1. The highest BCUT2D eigenvalue weighted by atomic mass is 35.5. The zero-order valence-electron chi connectivity index (χ0n) is 9.02. The van der Waals surface area contributed by atoms with Crippen LogP contribution in [0.3, 0.4) is 0 Å². The number of hydrogen-bond acceptors (Lipinski definition) is 4. The summed E-state index contributed by atoms with van der Waals surface area (Å²) in [4.78, 5) is 12.5. The minimum Gasteiger partial charge on any atom is -0.469 e. The summed E-state index contributed by atoms with van der Waals surface area (Å²) in [5, 5.41) is 1.95. The smallest absolute Gasteiger partial charge is 0.313 e. The Morgan fingerprint density at radius 1 is 1.60 bits per heavy atom. The Labute approximate surface area is 100 Å². The van der Waals surface area contributed by atoms with Gasteiger partial charge in [0.15, 0.2) is 0 Å². The molecule has 0 radical (unpaired) electrons. The number of methoxy groups -OCH3 is 1. The number of carbonyl (C=O) groups excluding carboxylic acids is 1. The maximum absolute atomic E-state index is 11.5. The van der Waals surface area contributed by atoms with Crippen LogP contribution in [-0.2, 0) is 9.53 Å². The SMILES string of the molecule is COC(=O)C(C)(C)[C@@H](N)c1cccs1.Cl. The van der Waals surface area contributed by atoms with Gasteiger partial charge in [0.2, 0.25) is 0 Å². The van der Waals surface area contributed by atoms with E-state index in [0.29, 0.717) is 0 Å². The summed E-state index contributed by atoms with van der Waals surface area (Å²) >= 11 is 1.55. The molecule has 86 valence electrons. The van der Waals surface area contributed by atoms with Crippen molar-refractivity contribution in [1.29, 1.82) is 0 Å². The second kappa shape index (κ2) is 5.49. The molecule has 5 heteroatoms. The topological polar surface area (TPSA) is 52.3 Å². The van der Waals surface area contributed by atoms with Crippen LogP contribution in [-0.4, -0.2) is 13.1 Å². The summed E-state index contributed by atoms with van der Waals surface area (Å²) in [5.41, 5.74) is 5.32. The Morgan fingerprint density at radius 2 is 2.20 bits per heavy atom. The molecule has 0 aliphatic heterocycles. The van der Waals surface area contributed by atoms with Crippen LogP contribution in [0.4, 0.5) is 0 Å². The van der Waals surface area contributed by atoms with Gasteiger partial charge in [0, 0.05) is 4.88 Å². The molecule has 0 aliphatic carbocycles. The van der Waals surface area contributed by atoms with Crippen molar-refractivity contribution in [2.45, 2.75) is 19.9 Å². The Bertz CT molecular complexity index is 311. The molecule has 1 aromatic heterocycles. The molecule has 1 rings (SSSR count). The lowest BCUT2D eigenvalue weighted by atomic mass is 9.84. The van der Waals surface area contributed by atoms with Crippen molar-refractivity contribution in [2.24, 2.45) is 11.1 Å². The number of ether oxygens (including phenoxy) is 1. The van der Waals surface area contributed by atoms with E-state index in [2.05, 4.69) is 0 Å². The van der Waals surface area contributed by atoms with E-state index in [1.54, 1.807) is 25.2 Å². The summed E-state index contributed by atoms with van der Waals surface area (Å²) in [6.45, 7) is 3.59. The first-order valence-electron chi connectivity index (χ1n) is 4.37. The van der Waals surface area contributed by atoms with Crippen LogP contribution < -0.4 is 5.73 Å². The first kappa shape index (κ1) is 14.4. The van der Waals surface area contributed by atoms with Gasteiger partial charge in [-0.2, -0.15) is 0 Å². The third-order valence-electron chi connectivity index (χ3n) is 2.34. The van der Waals surface area contributed by atoms with Crippen LogP contribution in [0.2, 0.25) is 0 Å². The van der Waals surface area contributed by atoms with E-state index >= 15 is 0 Å². The number of hydrogen-bond donors (Lipinski definition) is 1. The normalized spacial score (nSPS) is 12.8. The molecular weight excluding hydrogens is 234 g/mol. The molecule has 0 aromatic carbocycles. The fraction of sp³-hybridized carbons (Fsp3) is 0.500. The third-order valence-corrected chi connectivity index (χ3v) is 3.29. The summed E-state index contributed by atoms with van der Waals surface area (Å²) in [6, 6.07) is 3.54. The van der Waals surface area contributed by atoms with E-state index in [-0.39, 0.29) is 24.4 Å². The fourth-order valence-electron chi connectivity index (χ4n) is 1.21. The zero-order chi connectivity index (χ0) is 10.8. The summed E-state index contributed by atoms with van der Waals surface area (Å²) in [7, 11) is 1.38. The van der Waals surface area contributed by atoms with Gasteiger partial charge >= 0.3 is 5.97 Å². The predicted octanol–water partition coefficient (Wildman–Crippen LogP) is 2.37. The van der Waals surface area contributed by atoms with Crippen LogP contribution >= 0.6 is 23.7 Å². The Balaban J connectivity index is 0.00000196. The van der Waals surface area contributed by atoms with Gasteiger partial charge in [0.1, 0.15) is 0 Å². The van der Waals surface area contributed by atoms with Crippen LogP contribution in [0.25, 0.3) is 0 Å². The van der Waals surface area contributed by atoms with E-state index in [4.69, 9.17) is 10.5 Å². The fourth-order valence-corrected chi connectivity index (χ4v) is 2.13. The van der Waals surface area contributed by atoms with Crippen LogP contribution in [0.15, 0.2) is 17.5 Å². The minimum atomic E-state index is -0.681. The van der Waals surface area contributed by atoms with Crippen molar-refractivity contribution < 1.29 is 9.53 Å². The number of rotatable bonds is 3. The molecule has 0 saturated heterocycles. The van der Waals surface area contributed by atoms with Gasteiger partial charge in [-0.05, 0) is 25.3 Å². The first-order chi connectivity index (χ1) is 6.50.